The molecule has 168 valence electrons. The molecule has 0 spiro atoms. The van der Waals surface area contributed by atoms with Crippen molar-refractivity contribution in [2.24, 2.45) is 0 Å². The van der Waals surface area contributed by atoms with Crippen molar-refractivity contribution in [1.82, 2.24) is 14.5 Å². The molecule has 7 nitrogen and oxygen atoms in total. The fourth-order valence-corrected chi connectivity index (χ4v) is 4.93. The smallest absolute Gasteiger partial charge is 0.338 e. The minimum Gasteiger partial charge on any atom is -0.478 e. The third kappa shape index (κ3) is 3.26. The van der Waals surface area contributed by atoms with Gasteiger partial charge in [0.05, 0.1) is 40.5 Å². The van der Waals surface area contributed by atoms with Gasteiger partial charge < -0.3 is 14.7 Å². The lowest BCUT2D eigenvalue weighted by Gasteiger charge is -2.29. The number of hydrogen-bond acceptors (Lipinski definition) is 5. The highest BCUT2D eigenvalue weighted by Crippen LogP contribution is 2.49. The zero-order valence-corrected chi connectivity index (χ0v) is 19.0. The van der Waals surface area contributed by atoms with E-state index in [1.54, 1.807) is 12.3 Å². The van der Waals surface area contributed by atoms with Crippen LogP contribution in [0.4, 0.5) is 5.69 Å². The number of ether oxygens (including phenoxy) is 1. The van der Waals surface area contributed by atoms with Crippen LogP contribution in [-0.2, 0) is 10.2 Å². The highest BCUT2D eigenvalue weighted by atomic mass is 35.5. The number of carboxylic acids is 1. The van der Waals surface area contributed by atoms with Crippen LogP contribution >= 0.6 is 11.6 Å². The van der Waals surface area contributed by atoms with Gasteiger partial charge in [-0.25, -0.2) is 9.78 Å². The molecule has 2 aromatic heterocycles. The Kier molecular flexibility index (Phi) is 4.61. The number of carboxylic acid groups (broad SMARTS) is 1. The second-order valence-corrected chi connectivity index (χ2v) is 9.47. The summed E-state index contributed by atoms with van der Waals surface area (Å²) in [6.07, 6.45) is 3.77. The summed E-state index contributed by atoms with van der Waals surface area (Å²) in [5.74, 6) is -0.0958. The average Bonchev–Trinajstić information content (AvgIpc) is 3.46. The lowest BCUT2D eigenvalue weighted by Crippen LogP contribution is -2.36. The number of aromatic carboxylic acids is 1. The summed E-state index contributed by atoms with van der Waals surface area (Å²) < 4.78 is 7.62. The fourth-order valence-electron chi connectivity index (χ4n) is 4.71. The van der Waals surface area contributed by atoms with Crippen LogP contribution in [-0.4, -0.2) is 51.9 Å². The van der Waals surface area contributed by atoms with Crippen molar-refractivity contribution in [1.29, 1.82) is 0 Å². The minimum absolute atomic E-state index is 0.0951. The van der Waals surface area contributed by atoms with E-state index in [0.29, 0.717) is 29.3 Å². The number of pyridine rings is 1. The second-order valence-electron chi connectivity index (χ2n) is 9.06. The van der Waals surface area contributed by atoms with E-state index >= 15 is 0 Å². The number of para-hydroxylation sites is 1. The van der Waals surface area contributed by atoms with E-state index in [4.69, 9.17) is 21.3 Å². The fraction of sp³-hybridized carbons (Fsp3) is 0.320. The van der Waals surface area contributed by atoms with Gasteiger partial charge in [-0.2, -0.15) is 0 Å². The number of morpholine rings is 1. The Labute approximate surface area is 195 Å². The van der Waals surface area contributed by atoms with Crippen molar-refractivity contribution in [3.63, 3.8) is 0 Å². The molecule has 0 bridgehead atoms. The monoisotopic (exact) mass is 462 g/mol. The predicted molar refractivity (Wildman–Crippen MR) is 128 cm³/mol. The molecule has 2 fully saturated rings. The average molecular weight is 463 g/mol. The number of imidazole rings is 1. The number of carbonyl (C=O) groups is 1. The molecule has 0 atom stereocenters. The molecular weight excluding hydrogens is 440 g/mol. The first-order chi connectivity index (χ1) is 16.0. The Morgan fingerprint density at radius 3 is 2.67 bits per heavy atom. The lowest BCUT2D eigenvalue weighted by atomic mass is 10.1. The second kappa shape index (κ2) is 7.43. The number of nitrogens with zero attached hydrogens (tertiary/aromatic N) is 4. The van der Waals surface area contributed by atoms with Gasteiger partial charge in [0.2, 0.25) is 0 Å². The molecule has 1 saturated heterocycles. The summed E-state index contributed by atoms with van der Waals surface area (Å²) in [6.45, 7) is 4.87. The van der Waals surface area contributed by atoms with E-state index in [1.165, 1.54) is 0 Å². The third-order valence-electron chi connectivity index (χ3n) is 6.83. The Morgan fingerprint density at radius 1 is 1.15 bits per heavy atom. The maximum atomic E-state index is 12.3. The van der Waals surface area contributed by atoms with Gasteiger partial charge in [-0.1, -0.05) is 30.7 Å². The molecule has 0 amide bonds. The normalized spacial score (nSPS) is 17.6. The summed E-state index contributed by atoms with van der Waals surface area (Å²) >= 11 is 6.46. The van der Waals surface area contributed by atoms with Crippen molar-refractivity contribution in [3.05, 3.63) is 59.0 Å². The Morgan fingerprint density at radius 2 is 1.94 bits per heavy atom. The summed E-state index contributed by atoms with van der Waals surface area (Å²) in [5.41, 5.74) is 3.91. The van der Waals surface area contributed by atoms with Gasteiger partial charge in [0.15, 0.2) is 0 Å². The highest BCUT2D eigenvalue weighted by Gasteiger charge is 2.44. The molecule has 1 N–H and O–H groups in total. The Balaban J connectivity index is 1.70. The number of fused-ring (bicyclic) bond motifs is 2. The summed E-state index contributed by atoms with van der Waals surface area (Å²) in [6, 6.07) is 11.5. The number of anilines is 1. The largest absolute Gasteiger partial charge is 0.478 e. The van der Waals surface area contributed by atoms with E-state index in [0.717, 1.165) is 54.0 Å². The maximum absolute atomic E-state index is 12.3. The quantitative estimate of drug-likeness (QED) is 0.468. The SMILES string of the molecule is CC1(c2nc3c(C(=O)O)cc(N4CCOCC4)cc3n2-c2ccnc3c(Cl)cccc23)CC1. The first-order valence-corrected chi connectivity index (χ1v) is 11.5. The zero-order valence-electron chi connectivity index (χ0n) is 18.2. The summed E-state index contributed by atoms with van der Waals surface area (Å²) in [7, 11) is 0. The third-order valence-corrected chi connectivity index (χ3v) is 7.14. The molecule has 0 unspecified atom stereocenters. The van der Waals surface area contributed by atoms with Gasteiger partial charge in [-0.3, -0.25) is 9.55 Å². The van der Waals surface area contributed by atoms with Crippen LogP contribution in [0.5, 0.6) is 0 Å². The van der Waals surface area contributed by atoms with Gasteiger partial charge in [-0.15, -0.1) is 0 Å². The lowest BCUT2D eigenvalue weighted by molar-refractivity contribution is 0.0699. The molecule has 1 aliphatic carbocycles. The molecule has 8 heteroatoms. The number of hydrogen-bond donors (Lipinski definition) is 1. The molecule has 2 aromatic carbocycles. The number of benzene rings is 2. The van der Waals surface area contributed by atoms with Gasteiger partial charge in [0, 0.05) is 35.8 Å². The van der Waals surface area contributed by atoms with E-state index in [2.05, 4.69) is 27.4 Å². The van der Waals surface area contributed by atoms with Crippen LogP contribution in [0.2, 0.25) is 5.02 Å². The number of aromatic nitrogens is 3. The van der Waals surface area contributed by atoms with Crippen molar-refractivity contribution in [2.75, 3.05) is 31.2 Å². The van der Waals surface area contributed by atoms with Crippen LogP contribution in [0.1, 0.15) is 35.9 Å². The summed E-state index contributed by atoms with van der Waals surface area (Å²) in [4.78, 5) is 23.9. The van der Waals surface area contributed by atoms with Crippen LogP contribution in [0.25, 0.3) is 27.6 Å². The molecule has 1 aliphatic heterocycles. The van der Waals surface area contributed by atoms with Crippen molar-refractivity contribution < 1.29 is 14.6 Å². The van der Waals surface area contributed by atoms with Crippen molar-refractivity contribution >= 4 is 45.2 Å². The Hall–Kier alpha value is -3.16. The molecule has 2 aliphatic rings. The van der Waals surface area contributed by atoms with E-state index in [9.17, 15) is 9.90 Å². The van der Waals surface area contributed by atoms with Crippen molar-refractivity contribution in [3.8, 4) is 5.69 Å². The number of halogens is 1. The number of rotatable bonds is 4. The molecular formula is C25H23ClN4O3. The molecule has 1 saturated carbocycles. The van der Waals surface area contributed by atoms with E-state index in [1.807, 2.05) is 24.3 Å². The molecule has 0 radical (unpaired) electrons. The van der Waals surface area contributed by atoms with Crippen LogP contribution in [0.3, 0.4) is 0 Å². The topological polar surface area (TPSA) is 80.5 Å². The van der Waals surface area contributed by atoms with Gasteiger partial charge >= 0.3 is 5.97 Å². The van der Waals surface area contributed by atoms with E-state index < -0.39 is 5.97 Å². The highest BCUT2D eigenvalue weighted by molar-refractivity contribution is 6.35. The molecule has 4 aromatic rings. The maximum Gasteiger partial charge on any atom is 0.338 e. The molecule has 33 heavy (non-hydrogen) atoms. The van der Waals surface area contributed by atoms with Gasteiger partial charge in [0.25, 0.3) is 0 Å². The first kappa shape index (κ1) is 20.4. The van der Waals surface area contributed by atoms with Crippen LogP contribution in [0, 0.1) is 0 Å². The minimum atomic E-state index is -0.977. The van der Waals surface area contributed by atoms with Crippen molar-refractivity contribution in [2.45, 2.75) is 25.2 Å². The van der Waals surface area contributed by atoms with Crippen LogP contribution < -0.4 is 4.90 Å². The predicted octanol–water partition coefficient (Wildman–Crippen LogP) is 4.81. The standard InChI is InChI=1S/C25H23ClN4O3/c1-25(6-7-25)24-28-22-17(23(31)32)13-15(29-9-11-33-12-10-29)14-20(22)30(24)19-5-8-27-21-16(19)3-2-4-18(21)26/h2-5,8,13-14H,6-7,9-12H2,1H3,(H,31,32). The van der Waals surface area contributed by atoms with E-state index in [-0.39, 0.29) is 11.0 Å². The summed E-state index contributed by atoms with van der Waals surface area (Å²) in [5, 5.41) is 11.6. The first-order valence-electron chi connectivity index (χ1n) is 11.1. The van der Waals surface area contributed by atoms with Crippen LogP contribution in [0.15, 0.2) is 42.6 Å². The zero-order chi connectivity index (χ0) is 22.7. The molecule has 6 rings (SSSR count). The molecule has 3 heterocycles. The van der Waals surface area contributed by atoms with Gasteiger partial charge in [0.1, 0.15) is 11.3 Å². The van der Waals surface area contributed by atoms with Gasteiger partial charge in [-0.05, 0) is 37.1 Å². The Bertz CT molecular complexity index is 1420.